The van der Waals surface area contributed by atoms with Crippen LogP contribution in [-0.4, -0.2) is 21.2 Å². The molecular weight excluding hydrogens is 232 g/mol. The number of aryl methyl sites for hydroxylation is 3. The highest BCUT2D eigenvalue weighted by Crippen LogP contribution is 2.25. The summed E-state index contributed by atoms with van der Waals surface area (Å²) < 4.78 is 4.93. The van der Waals surface area contributed by atoms with Crippen LogP contribution in [0.1, 0.15) is 22.6 Å². The molecule has 1 heterocycles. The van der Waals surface area contributed by atoms with Crippen LogP contribution in [0.5, 0.6) is 0 Å². The van der Waals surface area contributed by atoms with E-state index in [0.717, 1.165) is 16.7 Å². The van der Waals surface area contributed by atoms with Gasteiger partial charge in [-0.3, -0.25) is 4.79 Å². The largest absolute Gasteiger partial charge is 0.481 e. The first-order valence-corrected chi connectivity index (χ1v) is 5.60. The predicted octanol–water partition coefficient (Wildman–Crippen LogP) is 2.29. The molecule has 2 aromatic rings. The molecule has 2 rings (SSSR count). The molecule has 18 heavy (non-hydrogen) atoms. The summed E-state index contributed by atoms with van der Waals surface area (Å²) in [5.41, 5.74) is 4.18. The van der Waals surface area contributed by atoms with E-state index in [0.29, 0.717) is 5.82 Å². The fourth-order valence-corrected chi connectivity index (χ4v) is 2.09. The molecule has 5 nitrogen and oxygen atoms in total. The first-order chi connectivity index (χ1) is 8.47. The van der Waals surface area contributed by atoms with Crippen LogP contribution in [0.15, 0.2) is 16.7 Å². The summed E-state index contributed by atoms with van der Waals surface area (Å²) >= 11 is 0. The lowest BCUT2D eigenvalue weighted by atomic mass is 9.99. The van der Waals surface area contributed by atoms with E-state index in [9.17, 15) is 4.79 Å². The molecule has 0 atom stereocenters. The second-order valence-corrected chi connectivity index (χ2v) is 4.36. The van der Waals surface area contributed by atoms with Crippen molar-refractivity contribution in [2.24, 2.45) is 0 Å². The lowest BCUT2D eigenvalue weighted by molar-refractivity contribution is -0.136. The smallest absolute Gasteiger partial charge is 0.312 e. The number of carboxylic acids is 1. The van der Waals surface area contributed by atoms with Crippen molar-refractivity contribution in [1.82, 2.24) is 10.1 Å². The van der Waals surface area contributed by atoms with E-state index in [1.807, 2.05) is 32.9 Å². The standard InChI is InChI=1S/C13H14N2O3/c1-7-4-8(2)12(9(3)5-7)13-14-10(18-15-13)6-11(16)17/h4-5H,6H2,1-3H3,(H,16,17). The number of aliphatic carboxylic acids is 1. The van der Waals surface area contributed by atoms with E-state index < -0.39 is 5.97 Å². The maximum Gasteiger partial charge on any atom is 0.312 e. The normalized spacial score (nSPS) is 10.6. The van der Waals surface area contributed by atoms with E-state index >= 15 is 0 Å². The van der Waals surface area contributed by atoms with Crippen LogP contribution in [0.2, 0.25) is 0 Å². The molecule has 0 aliphatic heterocycles. The van der Waals surface area contributed by atoms with Crippen LogP contribution in [0, 0.1) is 20.8 Å². The monoisotopic (exact) mass is 246 g/mol. The molecule has 1 aromatic heterocycles. The second-order valence-electron chi connectivity index (χ2n) is 4.36. The Labute approximate surface area is 104 Å². The van der Waals surface area contributed by atoms with Gasteiger partial charge in [0.2, 0.25) is 11.7 Å². The minimum absolute atomic E-state index is 0.122. The molecule has 0 aliphatic rings. The Morgan fingerprint density at radius 2 is 1.89 bits per heavy atom. The average molecular weight is 246 g/mol. The SMILES string of the molecule is Cc1cc(C)c(-c2noc(CC(=O)O)n2)c(C)c1. The topological polar surface area (TPSA) is 76.2 Å². The van der Waals surface area contributed by atoms with Crippen LogP contribution in [0.4, 0.5) is 0 Å². The van der Waals surface area contributed by atoms with Gasteiger partial charge in [-0.25, -0.2) is 0 Å². The Hall–Kier alpha value is -2.17. The number of benzene rings is 1. The zero-order chi connectivity index (χ0) is 13.3. The molecule has 0 spiro atoms. The van der Waals surface area contributed by atoms with Gasteiger partial charge in [-0.05, 0) is 31.9 Å². The quantitative estimate of drug-likeness (QED) is 0.899. The highest BCUT2D eigenvalue weighted by Gasteiger charge is 2.15. The first kappa shape index (κ1) is 12.3. The minimum Gasteiger partial charge on any atom is -0.481 e. The molecule has 0 amide bonds. The Kier molecular flexibility index (Phi) is 3.14. The molecule has 1 aromatic carbocycles. The number of carbonyl (C=O) groups is 1. The van der Waals surface area contributed by atoms with Gasteiger partial charge in [0.15, 0.2) is 0 Å². The van der Waals surface area contributed by atoms with Crippen LogP contribution in [0.3, 0.4) is 0 Å². The molecule has 5 heteroatoms. The van der Waals surface area contributed by atoms with E-state index in [1.54, 1.807) is 0 Å². The molecule has 0 bridgehead atoms. The van der Waals surface area contributed by atoms with Crippen LogP contribution >= 0.6 is 0 Å². The third-order valence-corrected chi connectivity index (χ3v) is 2.67. The molecule has 1 N–H and O–H groups in total. The van der Waals surface area contributed by atoms with Gasteiger partial charge < -0.3 is 9.63 Å². The third kappa shape index (κ3) is 2.40. The highest BCUT2D eigenvalue weighted by molar-refractivity contribution is 5.69. The van der Waals surface area contributed by atoms with Crippen LogP contribution in [-0.2, 0) is 11.2 Å². The van der Waals surface area contributed by atoms with Crippen molar-refractivity contribution in [2.45, 2.75) is 27.2 Å². The summed E-state index contributed by atoms with van der Waals surface area (Å²) in [5, 5.41) is 12.5. The lowest BCUT2D eigenvalue weighted by Crippen LogP contribution is -2.00. The number of hydrogen-bond donors (Lipinski definition) is 1. The predicted molar refractivity (Wildman–Crippen MR) is 65.3 cm³/mol. The number of aromatic nitrogens is 2. The summed E-state index contributed by atoms with van der Waals surface area (Å²) in [6.45, 7) is 5.97. The molecule has 0 saturated heterocycles. The van der Waals surface area contributed by atoms with E-state index in [2.05, 4.69) is 10.1 Å². The van der Waals surface area contributed by atoms with Crippen molar-refractivity contribution in [3.05, 3.63) is 34.7 Å². The molecular formula is C13H14N2O3. The van der Waals surface area contributed by atoms with Gasteiger partial charge in [-0.15, -0.1) is 0 Å². The average Bonchev–Trinajstić information content (AvgIpc) is 2.63. The summed E-state index contributed by atoms with van der Waals surface area (Å²) in [6, 6.07) is 4.07. The van der Waals surface area contributed by atoms with Gasteiger partial charge in [-0.2, -0.15) is 4.98 Å². The van der Waals surface area contributed by atoms with Crippen molar-refractivity contribution < 1.29 is 14.4 Å². The van der Waals surface area contributed by atoms with Crippen LogP contribution < -0.4 is 0 Å². The van der Waals surface area contributed by atoms with Crippen molar-refractivity contribution in [2.75, 3.05) is 0 Å². The zero-order valence-corrected chi connectivity index (χ0v) is 10.5. The Morgan fingerprint density at radius 3 is 2.44 bits per heavy atom. The Bertz CT molecular complexity index is 579. The van der Waals surface area contributed by atoms with Gasteiger partial charge in [-0.1, -0.05) is 22.9 Å². The van der Waals surface area contributed by atoms with Gasteiger partial charge in [0.05, 0.1) is 0 Å². The van der Waals surface area contributed by atoms with Gasteiger partial charge in [0, 0.05) is 5.56 Å². The van der Waals surface area contributed by atoms with Gasteiger partial charge in [0.1, 0.15) is 6.42 Å². The lowest BCUT2D eigenvalue weighted by Gasteiger charge is -2.06. The minimum atomic E-state index is -0.984. The number of nitrogens with zero attached hydrogens (tertiary/aromatic N) is 2. The van der Waals surface area contributed by atoms with Crippen molar-refractivity contribution in [3.63, 3.8) is 0 Å². The van der Waals surface area contributed by atoms with E-state index in [-0.39, 0.29) is 12.3 Å². The van der Waals surface area contributed by atoms with Gasteiger partial charge >= 0.3 is 5.97 Å². The van der Waals surface area contributed by atoms with E-state index in [4.69, 9.17) is 9.63 Å². The van der Waals surface area contributed by atoms with Crippen molar-refractivity contribution >= 4 is 5.97 Å². The molecule has 0 saturated carbocycles. The summed E-state index contributed by atoms with van der Waals surface area (Å²) in [4.78, 5) is 14.7. The Morgan fingerprint density at radius 1 is 1.28 bits per heavy atom. The maximum absolute atomic E-state index is 10.6. The molecule has 94 valence electrons. The fourth-order valence-electron chi connectivity index (χ4n) is 2.09. The second kappa shape index (κ2) is 4.60. The molecule has 0 radical (unpaired) electrons. The number of hydrogen-bond acceptors (Lipinski definition) is 4. The highest BCUT2D eigenvalue weighted by atomic mass is 16.5. The fraction of sp³-hybridized carbons (Fsp3) is 0.308. The third-order valence-electron chi connectivity index (χ3n) is 2.67. The number of carboxylic acid groups (broad SMARTS) is 1. The molecule has 0 unspecified atom stereocenters. The summed E-state index contributed by atoms with van der Waals surface area (Å²) in [6.07, 6.45) is -0.253. The van der Waals surface area contributed by atoms with Crippen molar-refractivity contribution in [1.29, 1.82) is 0 Å². The first-order valence-electron chi connectivity index (χ1n) is 5.60. The summed E-state index contributed by atoms with van der Waals surface area (Å²) in [5.74, 6) is -0.416. The molecule has 0 aliphatic carbocycles. The van der Waals surface area contributed by atoms with Crippen molar-refractivity contribution in [3.8, 4) is 11.4 Å². The van der Waals surface area contributed by atoms with E-state index in [1.165, 1.54) is 5.56 Å². The Balaban J connectivity index is 2.43. The van der Waals surface area contributed by atoms with Crippen LogP contribution in [0.25, 0.3) is 11.4 Å². The molecule has 0 fully saturated rings. The zero-order valence-electron chi connectivity index (χ0n) is 10.5. The number of rotatable bonds is 3. The maximum atomic E-state index is 10.6. The van der Waals surface area contributed by atoms with Gasteiger partial charge in [0.25, 0.3) is 0 Å². The summed E-state index contributed by atoms with van der Waals surface area (Å²) in [7, 11) is 0.